The molecule has 0 radical (unpaired) electrons. The minimum atomic E-state index is -0.399. The van der Waals surface area contributed by atoms with Crippen molar-refractivity contribution in [3.8, 4) is 0 Å². The average Bonchev–Trinajstić information content (AvgIpc) is 3.08. The lowest BCUT2D eigenvalue weighted by Crippen LogP contribution is -2.34. The molecule has 32 heavy (non-hydrogen) atoms. The van der Waals surface area contributed by atoms with E-state index in [2.05, 4.69) is 16.7 Å². The molecular weight excluding hydrogens is 402 g/mol. The first-order valence-electron chi connectivity index (χ1n) is 11.4. The second-order valence-corrected chi connectivity index (χ2v) is 9.16. The topological polar surface area (TPSA) is 78.5 Å². The number of benzene rings is 2. The normalized spacial score (nSPS) is 19.4. The van der Waals surface area contributed by atoms with Crippen molar-refractivity contribution < 1.29 is 14.4 Å². The van der Waals surface area contributed by atoms with Gasteiger partial charge in [0.05, 0.1) is 12.0 Å². The summed E-state index contributed by atoms with van der Waals surface area (Å²) in [5, 5.41) is 6.03. The van der Waals surface area contributed by atoms with E-state index in [1.54, 1.807) is 4.90 Å². The zero-order valence-electron chi connectivity index (χ0n) is 19.0. The van der Waals surface area contributed by atoms with Gasteiger partial charge >= 0.3 is 0 Å². The van der Waals surface area contributed by atoms with Crippen LogP contribution in [0, 0.1) is 25.7 Å². The van der Waals surface area contributed by atoms with E-state index >= 15 is 0 Å². The molecule has 2 aliphatic rings. The van der Waals surface area contributed by atoms with E-state index in [0.29, 0.717) is 17.9 Å². The number of anilines is 2. The van der Waals surface area contributed by atoms with E-state index in [1.807, 2.05) is 57.2 Å². The summed E-state index contributed by atoms with van der Waals surface area (Å²) in [6, 6.07) is 13.4. The minimum absolute atomic E-state index is 0.0405. The highest BCUT2D eigenvalue weighted by molar-refractivity contribution is 6.01. The summed E-state index contributed by atoms with van der Waals surface area (Å²) in [5.41, 5.74) is 4.80. The maximum absolute atomic E-state index is 12.9. The molecule has 0 aromatic heterocycles. The van der Waals surface area contributed by atoms with Gasteiger partial charge in [0.15, 0.2) is 0 Å². The van der Waals surface area contributed by atoms with E-state index in [9.17, 15) is 14.4 Å². The second-order valence-electron chi connectivity index (χ2n) is 9.16. The fraction of sp³-hybridized carbons (Fsp3) is 0.423. The highest BCUT2D eigenvalue weighted by Crippen LogP contribution is 2.30. The fourth-order valence-corrected chi connectivity index (χ4v) is 4.52. The number of nitrogens with zero attached hydrogens (tertiary/aromatic N) is 1. The first-order valence-corrected chi connectivity index (χ1v) is 11.4. The summed E-state index contributed by atoms with van der Waals surface area (Å²) in [7, 11) is 0. The predicted molar refractivity (Wildman–Crippen MR) is 125 cm³/mol. The number of aryl methyl sites for hydroxylation is 2. The maximum Gasteiger partial charge on any atom is 0.227 e. The van der Waals surface area contributed by atoms with E-state index < -0.39 is 5.92 Å². The molecule has 1 saturated carbocycles. The van der Waals surface area contributed by atoms with Crippen LogP contribution in [0.2, 0.25) is 0 Å². The van der Waals surface area contributed by atoms with Crippen LogP contribution < -0.4 is 15.5 Å². The number of carbonyl (C=O) groups excluding carboxylic acids is 3. The molecule has 2 fully saturated rings. The van der Waals surface area contributed by atoms with Crippen LogP contribution in [0.1, 0.15) is 55.3 Å². The summed E-state index contributed by atoms with van der Waals surface area (Å²) in [6.45, 7) is 6.40. The lowest BCUT2D eigenvalue weighted by Gasteiger charge is -2.24. The number of amides is 3. The van der Waals surface area contributed by atoms with Gasteiger partial charge < -0.3 is 15.5 Å². The summed E-state index contributed by atoms with van der Waals surface area (Å²) in [5.74, 6) is -0.448. The number of carbonyl (C=O) groups is 3. The van der Waals surface area contributed by atoms with Crippen LogP contribution in [0.3, 0.4) is 0 Å². The summed E-state index contributed by atoms with van der Waals surface area (Å²) < 4.78 is 0. The van der Waals surface area contributed by atoms with Gasteiger partial charge in [-0.15, -0.1) is 0 Å². The molecule has 168 valence electrons. The quantitative estimate of drug-likeness (QED) is 0.714. The number of nitrogens with one attached hydrogen (secondary N) is 2. The van der Waals surface area contributed by atoms with Gasteiger partial charge in [0.2, 0.25) is 17.7 Å². The largest absolute Gasteiger partial charge is 0.349 e. The highest BCUT2D eigenvalue weighted by atomic mass is 16.2. The van der Waals surface area contributed by atoms with Crippen molar-refractivity contribution in [3.05, 3.63) is 59.2 Å². The molecular formula is C26H31N3O3. The Balaban J connectivity index is 1.39. The summed E-state index contributed by atoms with van der Waals surface area (Å²) in [6.07, 6.45) is 3.16. The maximum atomic E-state index is 12.9. The minimum Gasteiger partial charge on any atom is -0.349 e. The van der Waals surface area contributed by atoms with Gasteiger partial charge in [0, 0.05) is 30.3 Å². The molecule has 6 nitrogen and oxygen atoms in total. The van der Waals surface area contributed by atoms with Crippen LogP contribution in [-0.4, -0.2) is 24.3 Å². The van der Waals surface area contributed by atoms with E-state index in [-0.39, 0.29) is 36.1 Å². The van der Waals surface area contributed by atoms with Gasteiger partial charge in [-0.2, -0.15) is 0 Å². The van der Waals surface area contributed by atoms with Gasteiger partial charge in [0.25, 0.3) is 0 Å². The lowest BCUT2D eigenvalue weighted by atomic mass is 9.85. The molecule has 1 heterocycles. The Morgan fingerprint density at radius 2 is 1.81 bits per heavy atom. The van der Waals surface area contributed by atoms with E-state index in [1.165, 1.54) is 5.56 Å². The molecule has 6 heteroatoms. The van der Waals surface area contributed by atoms with Crippen molar-refractivity contribution in [2.24, 2.45) is 11.8 Å². The fourth-order valence-electron chi connectivity index (χ4n) is 4.52. The molecule has 0 unspecified atom stereocenters. The SMILES string of the molecule is Cc1ccc([C@H](C)NC(=O)[C@H]2CC(=O)N(c3cccc(NC(=O)C4CCC4)c3)C2)c(C)c1. The van der Waals surface area contributed by atoms with Crippen LogP contribution in [0.25, 0.3) is 0 Å². The average molecular weight is 434 g/mol. The Morgan fingerprint density at radius 1 is 1.03 bits per heavy atom. The van der Waals surface area contributed by atoms with Crippen LogP contribution >= 0.6 is 0 Å². The molecule has 0 spiro atoms. The molecule has 2 aromatic rings. The third kappa shape index (κ3) is 4.69. The first-order chi connectivity index (χ1) is 15.3. The molecule has 2 aromatic carbocycles. The number of hydrogen-bond donors (Lipinski definition) is 2. The zero-order chi connectivity index (χ0) is 22.8. The first kappa shape index (κ1) is 22.1. The molecule has 3 amide bonds. The van der Waals surface area contributed by atoms with Gasteiger partial charge in [0.1, 0.15) is 0 Å². The second kappa shape index (κ2) is 9.15. The van der Waals surface area contributed by atoms with E-state index in [4.69, 9.17) is 0 Å². The van der Waals surface area contributed by atoms with Crippen molar-refractivity contribution in [3.63, 3.8) is 0 Å². The molecule has 1 saturated heterocycles. The number of hydrogen-bond acceptors (Lipinski definition) is 3. The Hall–Kier alpha value is -3.15. The van der Waals surface area contributed by atoms with Gasteiger partial charge in [-0.1, -0.05) is 36.2 Å². The predicted octanol–water partition coefficient (Wildman–Crippen LogP) is 4.27. The van der Waals surface area contributed by atoms with E-state index in [0.717, 1.165) is 30.4 Å². The Kier molecular flexibility index (Phi) is 6.31. The van der Waals surface area contributed by atoms with Crippen molar-refractivity contribution in [2.45, 2.75) is 52.5 Å². The summed E-state index contributed by atoms with van der Waals surface area (Å²) in [4.78, 5) is 39.5. The zero-order valence-corrected chi connectivity index (χ0v) is 19.0. The van der Waals surface area contributed by atoms with Crippen molar-refractivity contribution in [1.82, 2.24) is 5.32 Å². The highest BCUT2D eigenvalue weighted by Gasteiger charge is 2.36. The molecule has 1 aliphatic heterocycles. The van der Waals surface area contributed by atoms with Gasteiger partial charge in [-0.05, 0) is 62.9 Å². The van der Waals surface area contributed by atoms with Gasteiger partial charge in [-0.3, -0.25) is 14.4 Å². The Morgan fingerprint density at radius 3 is 2.50 bits per heavy atom. The third-order valence-corrected chi connectivity index (χ3v) is 6.65. The monoisotopic (exact) mass is 433 g/mol. The lowest BCUT2D eigenvalue weighted by molar-refractivity contribution is -0.126. The molecule has 0 bridgehead atoms. The van der Waals surface area contributed by atoms with Crippen LogP contribution in [0.5, 0.6) is 0 Å². The molecule has 4 rings (SSSR count). The van der Waals surface area contributed by atoms with Crippen LogP contribution in [0.4, 0.5) is 11.4 Å². The number of rotatable bonds is 6. The van der Waals surface area contributed by atoms with Gasteiger partial charge in [-0.25, -0.2) is 0 Å². The van der Waals surface area contributed by atoms with Crippen molar-refractivity contribution in [1.29, 1.82) is 0 Å². The van der Waals surface area contributed by atoms with Crippen LogP contribution in [-0.2, 0) is 14.4 Å². The third-order valence-electron chi connectivity index (χ3n) is 6.65. The summed E-state index contributed by atoms with van der Waals surface area (Å²) >= 11 is 0. The molecule has 2 atom stereocenters. The van der Waals surface area contributed by atoms with Crippen molar-refractivity contribution in [2.75, 3.05) is 16.8 Å². The molecule has 1 aliphatic carbocycles. The van der Waals surface area contributed by atoms with Crippen molar-refractivity contribution >= 4 is 29.1 Å². The smallest absolute Gasteiger partial charge is 0.227 e. The standard InChI is InChI=1S/C26H31N3O3/c1-16-10-11-23(17(2)12-16)18(3)27-26(32)20-13-24(30)29(15-20)22-9-5-8-21(14-22)28-25(31)19-6-4-7-19/h5,8-12,14,18-20H,4,6-7,13,15H2,1-3H3,(H,27,32)(H,28,31)/t18-,20-/m0/s1. The Labute approximate surface area is 189 Å². The van der Waals surface area contributed by atoms with Crippen LogP contribution in [0.15, 0.2) is 42.5 Å². The Bertz CT molecular complexity index is 1040. The molecule has 2 N–H and O–H groups in total.